The Bertz CT molecular complexity index is 791. The summed E-state index contributed by atoms with van der Waals surface area (Å²) in [4.78, 5) is 15.7. The molecule has 3 aromatic rings. The Kier molecular flexibility index (Phi) is 2.96. The van der Waals surface area contributed by atoms with Crippen LogP contribution in [0, 0.1) is 0 Å². The number of hydrogen-bond donors (Lipinski definition) is 2. The van der Waals surface area contributed by atoms with Crippen LogP contribution in [0.25, 0.3) is 16.7 Å². The second-order valence-electron chi connectivity index (χ2n) is 4.53. The first kappa shape index (κ1) is 12.4. The lowest BCUT2D eigenvalue weighted by molar-refractivity contribution is 0.100. The predicted molar refractivity (Wildman–Crippen MR) is 77.5 cm³/mol. The third kappa shape index (κ3) is 1.94. The van der Waals surface area contributed by atoms with E-state index in [9.17, 15) is 4.79 Å². The molecule has 5 heteroatoms. The van der Waals surface area contributed by atoms with E-state index in [1.54, 1.807) is 18.5 Å². The van der Waals surface area contributed by atoms with Crippen molar-refractivity contribution in [3.8, 4) is 5.69 Å². The number of fused-ring (bicyclic) bond motifs is 1. The zero-order valence-electron chi connectivity index (χ0n) is 10.8. The molecule has 0 aliphatic carbocycles. The molecule has 0 atom stereocenters. The largest absolute Gasteiger partial charge is 0.366 e. The van der Waals surface area contributed by atoms with Crippen molar-refractivity contribution in [3.05, 3.63) is 59.9 Å². The van der Waals surface area contributed by atoms with Gasteiger partial charge in [0.05, 0.1) is 11.1 Å². The van der Waals surface area contributed by atoms with Crippen LogP contribution >= 0.6 is 0 Å². The maximum absolute atomic E-state index is 11.4. The van der Waals surface area contributed by atoms with Crippen molar-refractivity contribution >= 4 is 16.9 Å². The lowest BCUT2D eigenvalue weighted by atomic mass is 10.1. The summed E-state index contributed by atoms with van der Waals surface area (Å²) in [5.74, 6) is -0.475. The number of nitrogens with zero attached hydrogens (tertiary/aromatic N) is 2. The second-order valence-corrected chi connectivity index (χ2v) is 4.53. The molecule has 3 rings (SSSR count). The number of aromatic nitrogens is 2. The molecule has 0 unspecified atom stereocenters. The van der Waals surface area contributed by atoms with Crippen molar-refractivity contribution in [2.45, 2.75) is 6.54 Å². The molecule has 0 saturated carbocycles. The van der Waals surface area contributed by atoms with Crippen LogP contribution in [0.2, 0.25) is 0 Å². The first-order chi connectivity index (χ1) is 9.70. The van der Waals surface area contributed by atoms with Crippen molar-refractivity contribution in [1.82, 2.24) is 9.55 Å². The van der Waals surface area contributed by atoms with E-state index in [2.05, 4.69) is 4.98 Å². The van der Waals surface area contributed by atoms with E-state index in [1.165, 1.54) is 0 Å². The lowest BCUT2D eigenvalue weighted by Crippen LogP contribution is -2.11. The molecule has 0 fully saturated rings. The summed E-state index contributed by atoms with van der Waals surface area (Å²) in [6, 6.07) is 13.3. The zero-order valence-corrected chi connectivity index (χ0v) is 10.8. The Morgan fingerprint density at radius 3 is 2.75 bits per heavy atom. The van der Waals surface area contributed by atoms with E-state index < -0.39 is 5.91 Å². The van der Waals surface area contributed by atoms with Crippen molar-refractivity contribution in [1.29, 1.82) is 0 Å². The molecule has 5 nitrogen and oxygen atoms in total. The number of hydrogen-bond acceptors (Lipinski definition) is 3. The van der Waals surface area contributed by atoms with Crippen molar-refractivity contribution < 1.29 is 4.79 Å². The summed E-state index contributed by atoms with van der Waals surface area (Å²) in [7, 11) is 0. The van der Waals surface area contributed by atoms with Crippen molar-refractivity contribution in [2.24, 2.45) is 11.5 Å². The molecule has 0 bridgehead atoms. The Morgan fingerprint density at radius 2 is 2.00 bits per heavy atom. The molecule has 4 N–H and O–H groups in total. The van der Waals surface area contributed by atoms with Gasteiger partial charge in [0.1, 0.15) is 11.8 Å². The van der Waals surface area contributed by atoms with Crippen LogP contribution in [-0.2, 0) is 6.54 Å². The summed E-state index contributed by atoms with van der Waals surface area (Å²) >= 11 is 0. The van der Waals surface area contributed by atoms with Gasteiger partial charge in [-0.3, -0.25) is 9.36 Å². The van der Waals surface area contributed by atoms with Crippen LogP contribution in [0.15, 0.2) is 48.8 Å². The van der Waals surface area contributed by atoms with Gasteiger partial charge in [-0.15, -0.1) is 0 Å². The molecule has 0 aliphatic heterocycles. The minimum Gasteiger partial charge on any atom is -0.366 e. The number of amides is 1. The smallest absolute Gasteiger partial charge is 0.250 e. The van der Waals surface area contributed by atoms with Gasteiger partial charge in [0.2, 0.25) is 0 Å². The highest BCUT2D eigenvalue weighted by Gasteiger charge is 2.11. The molecule has 100 valence electrons. The van der Waals surface area contributed by atoms with Gasteiger partial charge in [-0.05, 0) is 29.8 Å². The van der Waals surface area contributed by atoms with E-state index >= 15 is 0 Å². The lowest BCUT2D eigenvalue weighted by Gasteiger charge is -2.06. The van der Waals surface area contributed by atoms with Gasteiger partial charge in [-0.1, -0.05) is 18.2 Å². The quantitative estimate of drug-likeness (QED) is 0.754. The number of para-hydroxylation sites is 1. The van der Waals surface area contributed by atoms with Gasteiger partial charge < -0.3 is 11.5 Å². The van der Waals surface area contributed by atoms with Gasteiger partial charge in [0.15, 0.2) is 0 Å². The number of nitrogens with two attached hydrogens (primary N) is 2. The first-order valence-corrected chi connectivity index (χ1v) is 6.26. The average Bonchev–Trinajstić information content (AvgIpc) is 2.91. The van der Waals surface area contributed by atoms with E-state index in [0.717, 1.165) is 16.8 Å². The highest BCUT2D eigenvalue weighted by atomic mass is 16.1. The maximum Gasteiger partial charge on any atom is 0.250 e. The fourth-order valence-corrected chi connectivity index (χ4v) is 2.28. The molecule has 2 aromatic carbocycles. The first-order valence-electron chi connectivity index (χ1n) is 6.26. The number of rotatable bonds is 3. The topological polar surface area (TPSA) is 86.9 Å². The minimum atomic E-state index is -0.475. The molecule has 1 amide bonds. The fraction of sp³-hybridized carbons (Fsp3) is 0.0667. The standard InChI is InChI=1S/C15H14N4O/c16-8-10-3-1-4-11(7-10)19-9-18-14-12(15(17)20)5-2-6-13(14)19/h1-7,9H,8,16H2,(H2,17,20). The van der Waals surface area contributed by atoms with Crippen molar-refractivity contribution in [2.75, 3.05) is 0 Å². The van der Waals surface area contributed by atoms with E-state index in [1.807, 2.05) is 34.9 Å². The third-order valence-corrected chi connectivity index (χ3v) is 3.27. The highest BCUT2D eigenvalue weighted by molar-refractivity contribution is 6.04. The molecule has 1 aromatic heterocycles. The highest BCUT2D eigenvalue weighted by Crippen LogP contribution is 2.21. The van der Waals surface area contributed by atoms with E-state index in [0.29, 0.717) is 17.6 Å². The van der Waals surface area contributed by atoms with Crippen LogP contribution in [-0.4, -0.2) is 15.5 Å². The van der Waals surface area contributed by atoms with Crippen molar-refractivity contribution in [3.63, 3.8) is 0 Å². The maximum atomic E-state index is 11.4. The monoisotopic (exact) mass is 266 g/mol. The van der Waals surface area contributed by atoms with Gasteiger partial charge in [0, 0.05) is 12.2 Å². The minimum absolute atomic E-state index is 0.427. The molecular formula is C15H14N4O. The molecule has 0 aliphatic rings. The summed E-state index contributed by atoms with van der Waals surface area (Å²) < 4.78 is 1.92. The molecule has 20 heavy (non-hydrogen) atoms. The van der Waals surface area contributed by atoms with Gasteiger partial charge >= 0.3 is 0 Å². The summed E-state index contributed by atoms with van der Waals surface area (Å²) in [5, 5.41) is 0. The summed E-state index contributed by atoms with van der Waals surface area (Å²) in [6.45, 7) is 0.479. The van der Waals surface area contributed by atoms with Crippen LogP contribution < -0.4 is 11.5 Å². The average molecular weight is 266 g/mol. The van der Waals surface area contributed by atoms with Crippen LogP contribution in [0.4, 0.5) is 0 Å². The van der Waals surface area contributed by atoms with Gasteiger partial charge in [-0.25, -0.2) is 4.98 Å². The Morgan fingerprint density at radius 1 is 1.20 bits per heavy atom. The fourth-order valence-electron chi connectivity index (χ4n) is 2.28. The molecule has 0 radical (unpaired) electrons. The zero-order chi connectivity index (χ0) is 14.1. The Balaban J connectivity index is 2.22. The normalized spacial score (nSPS) is 10.8. The number of benzene rings is 2. The molecule has 0 saturated heterocycles. The van der Waals surface area contributed by atoms with Gasteiger partial charge in [-0.2, -0.15) is 0 Å². The van der Waals surface area contributed by atoms with Crippen LogP contribution in [0.1, 0.15) is 15.9 Å². The molecule has 1 heterocycles. The SMILES string of the molecule is NCc1cccc(-n2cnc3c(C(N)=O)cccc32)c1. The number of carbonyl (C=O) groups is 1. The third-order valence-electron chi connectivity index (χ3n) is 3.27. The number of carbonyl (C=O) groups excluding carboxylic acids is 1. The Hall–Kier alpha value is -2.66. The number of imidazole rings is 1. The molecular weight excluding hydrogens is 252 g/mol. The Labute approximate surface area is 115 Å². The number of primary amides is 1. The van der Waals surface area contributed by atoms with Crippen LogP contribution in [0.5, 0.6) is 0 Å². The van der Waals surface area contributed by atoms with E-state index in [-0.39, 0.29) is 0 Å². The summed E-state index contributed by atoms with van der Waals surface area (Å²) in [5.41, 5.74) is 14.9. The molecule has 0 spiro atoms. The summed E-state index contributed by atoms with van der Waals surface area (Å²) in [6.07, 6.45) is 1.69. The van der Waals surface area contributed by atoms with Crippen LogP contribution in [0.3, 0.4) is 0 Å². The van der Waals surface area contributed by atoms with Gasteiger partial charge in [0.25, 0.3) is 5.91 Å². The predicted octanol–water partition coefficient (Wildman–Crippen LogP) is 1.58. The second kappa shape index (κ2) is 4.79. The van der Waals surface area contributed by atoms with E-state index in [4.69, 9.17) is 11.5 Å².